The average molecular weight is 485 g/mol. The van der Waals surface area contributed by atoms with Gasteiger partial charge in [0.15, 0.2) is 11.5 Å². The molecule has 1 amide bonds. The molecule has 172 valence electrons. The molecule has 33 heavy (non-hydrogen) atoms. The van der Waals surface area contributed by atoms with Gasteiger partial charge in [-0.1, -0.05) is 30.0 Å². The molecule has 3 heterocycles. The van der Waals surface area contributed by atoms with E-state index in [1.165, 1.54) is 18.2 Å². The molecule has 2 saturated heterocycles. The van der Waals surface area contributed by atoms with E-state index in [0.717, 1.165) is 31.5 Å². The summed E-state index contributed by atoms with van der Waals surface area (Å²) in [4.78, 5) is 21.3. The summed E-state index contributed by atoms with van der Waals surface area (Å²) in [6, 6.07) is 7.77. The van der Waals surface area contributed by atoms with Crippen LogP contribution in [0.5, 0.6) is 11.5 Å². The van der Waals surface area contributed by atoms with E-state index in [1.54, 1.807) is 25.2 Å². The van der Waals surface area contributed by atoms with Gasteiger partial charge in [-0.05, 0) is 43.4 Å². The van der Waals surface area contributed by atoms with Crippen molar-refractivity contribution >= 4 is 46.2 Å². The Morgan fingerprint density at radius 1 is 1.24 bits per heavy atom. The number of amides is 1. The largest absolute Gasteiger partial charge is 0.493 e. The molecule has 10 heteroatoms. The maximum atomic E-state index is 13.0. The zero-order chi connectivity index (χ0) is 23.4. The minimum atomic E-state index is -0.193. The number of piperidine rings is 1. The predicted octanol–water partition coefficient (Wildman–Crippen LogP) is 4.00. The fourth-order valence-corrected chi connectivity index (χ4v) is 5.13. The third kappa shape index (κ3) is 4.99. The standard InChI is InChI=1S/C23H24N4O4S2/c1-29-17-7-6-15(12-18(17)30-2)8-11-27-21(28)19(33-23(27)32)13-20-25-16(14-24)22(31-20)26-9-4-3-5-10-26/h6-7,12-13H,3-5,8-11H2,1-2H3. The minimum Gasteiger partial charge on any atom is -0.493 e. The molecule has 1 aromatic carbocycles. The highest BCUT2D eigenvalue weighted by Crippen LogP contribution is 2.34. The molecule has 0 N–H and O–H groups in total. The zero-order valence-electron chi connectivity index (χ0n) is 18.5. The fourth-order valence-electron chi connectivity index (χ4n) is 3.86. The van der Waals surface area contributed by atoms with Crippen LogP contribution in [0.15, 0.2) is 27.5 Å². The number of anilines is 1. The number of nitrogens with zero attached hydrogens (tertiary/aromatic N) is 4. The predicted molar refractivity (Wildman–Crippen MR) is 130 cm³/mol. The van der Waals surface area contributed by atoms with Gasteiger partial charge in [0.1, 0.15) is 10.4 Å². The van der Waals surface area contributed by atoms with Crippen LogP contribution in [0.1, 0.15) is 36.4 Å². The number of carbonyl (C=O) groups excluding carboxylic acids is 1. The van der Waals surface area contributed by atoms with Crippen LogP contribution >= 0.6 is 24.0 Å². The maximum absolute atomic E-state index is 13.0. The number of rotatable bonds is 7. The van der Waals surface area contributed by atoms with Crippen LogP contribution in [-0.2, 0) is 11.2 Å². The molecular formula is C23H24N4O4S2. The van der Waals surface area contributed by atoms with Gasteiger partial charge in [-0.15, -0.1) is 0 Å². The van der Waals surface area contributed by atoms with E-state index in [0.29, 0.717) is 39.6 Å². The van der Waals surface area contributed by atoms with Crippen molar-refractivity contribution in [2.45, 2.75) is 25.7 Å². The SMILES string of the molecule is COc1ccc(CCN2C(=O)C(=Cc3nc(C#N)c(N4CCCCC4)o3)SC2=S)cc1OC. The van der Waals surface area contributed by atoms with Gasteiger partial charge in [0.05, 0.1) is 19.1 Å². The van der Waals surface area contributed by atoms with Crippen LogP contribution in [0.4, 0.5) is 5.88 Å². The molecule has 0 aliphatic carbocycles. The van der Waals surface area contributed by atoms with Crippen molar-refractivity contribution in [3.63, 3.8) is 0 Å². The Bertz CT molecular complexity index is 1130. The first-order valence-corrected chi connectivity index (χ1v) is 11.9. The summed E-state index contributed by atoms with van der Waals surface area (Å²) in [7, 11) is 3.18. The Morgan fingerprint density at radius 3 is 2.70 bits per heavy atom. The number of hydrogen-bond acceptors (Lipinski definition) is 9. The number of thiocarbonyl (C=S) groups is 1. The lowest BCUT2D eigenvalue weighted by atomic mass is 10.1. The van der Waals surface area contributed by atoms with Crippen LogP contribution in [-0.4, -0.2) is 54.0 Å². The number of aromatic nitrogens is 1. The van der Waals surface area contributed by atoms with E-state index in [-0.39, 0.29) is 17.5 Å². The molecule has 0 bridgehead atoms. The van der Waals surface area contributed by atoms with E-state index < -0.39 is 0 Å². The molecule has 0 saturated carbocycles. The number of oxazole rings is 1. The molecule has 2 aliphatic heterocycles. The van der Waals surface area contributed by atoms with Crippen molar-refractivity contribution in [1.29, 1.82) is 5.26 Å². The third-order valence-corrected chi connectivity index (χ3v) is 6.95. The Balaban J connectivity index is 1.47. The van der Waals surface area contributed by atoms with Gasteiger partial charge in [-0.25, -0.2) is 0 Å². The molecule has 1 aromatic heterocycles. The second-order valence-corrected chi connectivity index (χ2v) is 9.31. The number of ether oxygens (including phenoxy) is 2. The lowest BCUT2D eigenvalue weighted by molar-refractivity contribution is -0.122. The topological polar surface area (TPSA) is 91.8 Å². The fraction of sp³-hybridized carbons (Fsp3) is 0.391. The summed E-state index contributed by atoms with van der Waals surface area (Å²) in [6.07, 6.45) is 5.46. The first-order chi connectivity index (χ1) is 16.0. The summed E-state index contributed by atoms with van der Waals surface area (Å²) in [6.45, 7) is 2.11. The number of benzene rings is 1. The van der Waals surface area contributed by atoms with Crippen LogP contribution in [0.2, 0.25) is 0 Å². The number of carbonyl (C=O) groups is 1. The van der Waals surface area contributed by atoms with Crippen LogP contribution in [0.25, 0.3) is 6.08 Å². The Labute approximate surface area is 202 Å². The van der Waals surface area contributed by atoms with Gasteiger partial charge in [-0.2, -0.15) is 10.2 Å². The van der Waals surface area contributed by atoms with Gasteiger partial charge in [-0.3, -0.25) is 9.69 Å². The van der Waals surface area contributed by atoms with Crippen LogP contribution in [0, 0.1) is 11.3 Å². The lowest BCUT2D eigenvalue weighted by Gasteiger charge is -2.25. The number of hydrogen-bond donors (Lipinski definition) is 0. The molecule has 4 rings (SSSR count). The highest BCUT2D eigenvalue weighted by Gasteiger charge is 2.32. The number of nitriles is 1. The van der Waals surface area contributed by atoms with Crippen molar-refractivity contribution in [2.75, 3.05) is 38.8 Å². The molecule has 2 aromatic rings. The normalized spacial score (nSPS) is 17.5. The van der Waals surface area contributed by atoms with Gasteiger partial charge in [0.25, 0.3) is 5.91 Å². The second kappa shape index (κ2) is 10.3. The van der Waals surface area contributed by atoms with Crippen LogP contribution < -0.4 is 14.4 Å². The quantitative estimate of drug-likeness (QED) is 0.427. The Kier molecular flexibility index (Phi) is 7.20. The van der Waals surface area contributed by atoms with Crippen molar-refractivity contribution in [3.05, 3.63) is 40.3 Å². The van der Waals surface area contributed by atoms with Crippen molar-refractivity contribution in [3.8, 4) is 17.6 Å². The monoisotopic (exact) mass is 484 g/mol. The molecule has 0 atom stereocenters. The molecule has 2 aliphatic rings. The maximum Gasteiger partial charge on any atom is 0.266 e. The van der Waals surface area contributed by atoms with Gasteiger partial charge < -0.3 is 18.8 Å². The Morgan fingerprint density at radius 2 is 2.00 bits per heavy atom. The first-order valence-electron chi connectivity index (χ1n) is 10.7. The minimum absolute atomic E-state index is 0.193. The van der Waals surface area contributed by atoms with Crippen LogP contribution in [0.3, 0.4) is 0 Å². The summed E-state index contributed by atoms with van der Waals surface area (Å²) in [5, 5.41) is 9.47. The highest BCUT2D eigenvalue weighted by atomic mass is 32.2. The van der Waals surface area contributed by atoms with Gasteiger partial charge >= 0.3 is 0 Å². The van der Waals surface area contributed by atoms with Gasteiger partial charge in [0.2, 0.25) is 17.5 Å². The molecule has 0 radical (unpaired) electrons. The summed E-state index contributed by atoms with van der Waals surface area (Å²) in [5.74, 6) is 1.82. The van der Waals surface area contributed by atoms with Crippen molar-refractivity contribution < 1.29 is 18.7 Å². The average Bonchev–Trinajstić information content (AvgIpc) is 3.38. The number of methoxy groups -OCH3 is 2. The van der Waals surface area contributed by atoms with E-state index in [2.05, 4.69) is 11.1 Å². The number of thioether (sulfide) groups is 1. The van der Waals surface area contributed by atoms with Gasteiger partial charge in [0, 0.05) is 25.7 Å². The third-order valence-electron chi connectivity index (χ3n) is 5.58. The summed E-state index contributed by atoms with van der Waals surface area (Å²) in [5.41, 5.74) is 1.25. The Hall–Kier alpha value is -3.03. The van der Waals surface area contributed by atoms with E-state index in [1.807, 2.05) is 23.1 Å². The second-order valence-electron chi connectivity index (χ2n) is 7.64. The van der Waals surface area contributed by atoms with Crippen molar-refractivity contribution in [1.82, 2.24) is 9.88 Å². The highest BCUT2D eigenvalue weighted by molar-refractivity contribution is 8.26. The first kappa shape index (κ1) is 23.1. The van der Waals surface area contributed by atoms with E-state index in [9.17, 15) is 10.1 Å². The van der Waals surface area contributed by atoms with Crippen molar-refractivity contribution in [2.24, 2.45) is 0 Å². The molecule has 8 nitrogen and oxygen atoms in total. The molecule has 0 spiro atoms. The van der Waals surface area contributed by atoms with E-state index >= 15 is 0 Å². The molecular weight excluding hydrogens is 460 g/mol. The lowest BCUT2D eigenvalue weighted by Crippen LogP contribution is -2.30. The van der Waals surface area contributed by atoms with E-state index in [4.69, 9.17) is 26.1 Å². The molecule has 2 fully saturated rings. The molecule has 0 unspecified atom stereocenters. The summed E-state index contributed by atoms with van der Waals surface area (Å²) < 4.78 is 17.0. The summed E-state index contributed by atoms with van der Waals surface area (Å²) >= 11 is 6.65. The smallest absolute Gasteiger partial charge is 0.266 e. The zero-order valence-corrected chi connectivity index (χ0v) is 20.1.